The van der Waals surface area contributed by atoms with Crippen LogP contribution in [0.5, 0.6) is 0 Å². The molecule has 0 aromatic carbocycles. The highest BCUT2D eigenvalue weighted by Gasteiger charge is 2.45. The number of carbonyl (C=O) groups excluding carboxylic acids is 3. The molecule has 158 valence electrons. The SMILES string of the molecule is CC(C)(C)OC(=O)CN1C(=O)CC2(CCN(CCc3ccncc3)CC2)CC1=O. The molecule has 2 saturated heterocycles. The summed E-state index contributed by atoms with van der Waals surface area (Å²) in [5.41, 5.74) is 0.371. The zero-order chi connectivity index (χ0) is 21.1. The molecule has 0 radical (unpaired) electrons. The molecular formula is C22H31N3O4. The highest BCUT2D eigenvalue weighted by molar-refractivity contribution is 6.01. The minimum absolute atomic E-state index is 0.252. The summed E-state index contributed by atoms with van der Waals surface area (Å²) in [6.07, 6.45) is 6.92. The van der Waals surface area contributed by atoms with Crippen molar-refractivity contribution in [1.82, 2.24) is 14.8 Å². The molecule has 0 bridgehead atoms. The van der Waals surface area contributed by atoms with E-state index < -0.39 is 11.6 Å². The maximum atomic E-state index is 12.6. The molecule has 0 saturated carbocycles. The second-order valence-electron chi connectivity index (χ2n) is 9.26. The highest BCUT2D eigenvalue weighted by Crippen LogP contribution is 2.42. The summed E-state index contributed by atoms with van der Waals surface area (Å²) in [7, 11) is 0. The van der Waals surface area contributed by atoms with Gasteiger partial charge >= 0.3 is 5.97 Å². The molecule has 0 atom stereocenters. The van der Waals surface area contributed by atoms with Crippen molar-refractivity contribution in [3.05, 3.63) is 30.1 Å². The van der Waals surface area contributed by atoms with Gasteiger partial charge < -0.3 is 9.64 Å². The van der Waals surface area contributed by atoms with Crippen LogP contribution in [-0.2, 0) is 25.5 Å². The second-order valence-corrected chi connectivity index (χ2v) is 9.26. The molecule has 2 amide bonds. The molecule has 3 rings (SSSR count). The van der Waals surface area contributed by atoms with Crippen molar-refractivity contribution >= 4 is 17.8 Å². The number of esters is 1. The molecule has 7 heteroatoms. The fourth-order valence-electron chi connectivity index (χ4n) is 4.15. The Bertz CT molecular complexity index is 729. The van der Waals surface area contributed by atoms with Gasteiger partial charge in [-0.2, -0.15) is 0 Å². The monoisotopic (exact) mass is 401 g/mol. The van der Waals surface area contributed by atoms with Crippen molar-refractivity contribution in [3.8, 4) is 0 Å². The maximum Gasteiger partial charge on any atom is 0.326 e. The van der Waals surface area contributed by atoms with E-state index in [1.165, 1.54) is 5.56 Å². The summed E-state index contributed by atoms with van der Waals surface area (Å²) in [6.45, 7) is 7.75. The molecule has 7 nitrogen and oxygen atoms in total. The van der Waals surface area contributed by atoms with E-state index >= 15 is 0 Å². The number of ether oxygens (including phenoxy) is 1. The van der Waals surface area contributed by atoms with E-state index in [0.29, 0.717) is 12.8 Å². The van der Waals surface area contributed by atoms with Crippen molar-refractivity contribution in [2.24, 2.45) is 5.41 Å². The van der Waals surface area contributed by atoms with Gasteiger partial charge in [0.05, 0.1) is 0 Å². The Morgan fingerprint density at radius 2 is 1.69 bits per heavy atom. The van der Waals surface area contributed by atoms with Crippen LogP contribution in [0.25, 0.3) is 0 Å². The van der Waals surface area contributed by atoms with Crippen LogP contribution in [0.15, 0.2) is 24.5 Å². The van der Waals surface area contributed by atoms with Crippen LogP contribution in [0.4, 0.5) is 0 Å². The van der Waals surface area contributed by atoms with Crippen LogP contribution in [0, 0.1) is 5.41 Å². The summed E-state index contributed by atoms with van der Waals surface area (Å²) in [6, 6.07) is 4.06. The largest absolute Gasteiger partial charge is 0.459 e. The Hall–Kier alpha value is -2.28. The molecule has 2 fully saturated rings. The summed E-state index contributed by atoms with van der Waals surface area (Å²) in [4.78, 5) is 44.9. The Morgan fingerprint density at radius 3 is 2.24 bits per heavy atom. The Morgan fingerprint density at radius 1 is 1.10 bits per heavy atom. The number of rotatable bonds is 5. The zero-order valence-corrected chi connectivity index (χ0v) is 17.6. The first-order valence-electron chi connectivity index (χ1n) is 10.3. The third-order valence-corrected chi connectivity index (χ3v) is 5.74. The lowest BCUT2D eigenvalue weighted by Crippen LogP contribution is -2.53. The van der Waals surface area contributed by atoms with Gasteiger partial charge in [0.1, 0.15) is 12.1 Å². The van der Waals surface area contributed by atoms with E-state index in [-0.39, 0.29) is 23.8 Å². The Kier molecular flexibility index (Phi) is 6.36. The minimum atomic E-state index is -0.636. The third-order valence-electron chi connectivity index (χ3n) is 5.74. The van der Waals surface area contributed by atoms with E-state index in [4.69, 9.17) is 4.74 Å². The minimum Gasteiger partial charge on any atom is -0.459 e. The van der Waals surface area contributed by atoms with Crippen molar-refractivity contribution in [3.63, 3.8) is 0 Å². The molecule has 1 aromatic rings. The molecule has 2 aliphatic heterocycles. The van der Waals surface area contributed by atoms with Crippen LogP contribution >= 0.6 is 0 Å². The summed E-state index contributed by atoms with van der Waals surface area (Å²) in [5, 5.41) is 0. The van der Waals surface area contributed by atoms with Crippen molar-refractivity contribution < 1.29 is 19.1 Å². The van der Waals surface area contributed by atoms with Crippen molar-refractivity contribution in [2.75, 3.05) is 26.2 Å². The summed E-state index contributed by atoms with van der Waals surface area (Å²) >= 11 is 0. The first-order chi connectivity index (χ1) is 13.7. The molecule has 29 heavy (non-hydrogen) atoms. The number of nitrogens with zero attached hydrogens (tertiary/aromatic N) is 3. The standard InChI is InChI=1S/C22H31N3O4/c1-21(2,3)29-20(28)16-25-18(26)14-22(15-19(25)27)7-12-24(13-8-22)11-6-17-4-9-23-10-5-17/h4-5,9-10H,6-8,11-16H2,1-3H3. The highest BCUT2D eigenvalue weighted by atomic mass is 16.6. The summed E-state index contributed by atoms with van der Waals surface area (Å²) < 4.78 is 5.26. The number of aromatic nitrogens is 1. The number of hydrogen-bond acceptors (Lipinski definition) is 6. The van der Waals surface area contributed by atoms with Gasteiger partial charge in [-0.1, -0.05) is 0 Å². The predicted octanol–water partition coefficient (Wildman–Crippen LogP) is 2.20. The third kappa shape index (κ3) is 5.85. The van der Waals surface area contributed by atoms with Crippen LogP contribution in [0.1, 0.15) is 52.0 Å². The molecule has 0 N–H and O–H groups in total. The first-order valence-corrected chi connectivity index (χ1v) is 10.3. The molecule has 2 aliphatic rings. The number of hydrogen-bond donors (Lipinski definition) is 0. The molecule has 3 heterocycles. The Labute approximate surface area is 172 Å². The Balaban J connectivity index is 1.50. The molecule has 1 spiro atoms. The van der Waals surface area contributed by atoms with Gasteiger partial charge in [0, 0.05) is 31.8 Å². The lowest BCUT2D eigenvalue weighted by molar-refractivity contribution is -0.167. The number of likely N-dealkylation sites (tertiary alicyclic amines) is 2. The average Bonchev–Trinajstić information content (AvgIpc) is 2.64. The number of piperidine rings is 2. The van der Waals surface area contributed by atoms with Crippen molar-refractivity contribution in [1.29, 1.82) is 0 Å². The van der Waals surface area contributed by atoms with Gasteiger partial charge in [0.15, 0.2) is 0 Å². The normalized spacial score (nSPS) is 20.2. The average molecular weight is 402 g/mol. The number of carbonyl (C=O) groups is 3. The van der Waals surface area contributed by atoms with Gasteiger partial charge in [0.2, 0.25) is 11.8 Å². The van der Waals surface area contributed by atoms with Crippen LogP contribution in [-0.4, -0.2) is 64.3 Å². The van der Waals surface area contributed by atoms with E-state index in [0.717, 1.165) is 43.8 Å². The molecule has 0 aliphatic carbocycles. The van der Waals surface area contributed by atoms with Crippen molar-refractivity contribution in [2.45, 2.75) is 58.5 Å². The number of pyridine rings is 1. The topological polar surface area (TPSA) is 79.8 Å². The van der Waals surface area contributed by atoms with Gasteiger partial charge in [0.25, 0.3) is 0 Å². The van der Waals surface area contributed by atoms with Gasteiger partial charge in [-0.15, -0.1) is 0 Å². The molecule has 0 unspecified atom stereocenters. The lowest BCUT2D eigenvalue weighted by atomic mass is 9.70. The van der Waals surface area contributed by atoms with Crippen LogP contribution in [0.3, 0.4) is 0 Å². The van der Waals surface area contributed by atoms with E-state index in [1.807, 2.05) is 24.5 Å². The fraction of sp³-hybridized carbons (Fsp3) is 0.636. The van der Waals surface area contributed by atoms with Gasteiger partial charge in [-0.3, -0.25) is 24.3 Å². The van der Waals surface area contributed by atoms with Gasteiger partial charge in [-0.25, -0.2) is 0 Å². The molecule has 1 aromatic heterocycles. The smallest absolute Gasteiger partial charge is 0.326 e. The maximum absolute atomic E-state index is 12.6. The molecular weight excluding hydrogens is 370 g/mol. The van der Waals surface area contributed by atoms with Gasteiger partial charge in [-0.05, 0) is 76.2 Å². The first kappa shape index (κ1) is 21.4. The lowest BCUT2D eigenvalue weighted by Gasteiger charge is -2.45. The van der Waals surface area contributed by atoms with Crippen LogP contribution < -0.4 is 0 Å². The zero-order valence-electron chi connectivity index (χ0n) is 17.6. The quantitative estimate of drug-likeness (QED) is 0.556. The second kappa shape index (κ2) is 8.61. The predicted molar refractivity (Wildman–Crippen MR) is 108 cm³/mol. The van der Waals surface area contributed by atoms with Crippen LogP contribution in [0.2, 0.25) is 0 Å². The number of imide groups is 1. The van der Waals surface area contributed by atoms with E-state index in [1.54, 1.807) is 20.8 Å². The van der Waals surface area contributed by atoms with E-state index in [9.17, 15) is 14.4 Å². The summed E-state index contributed by atoms with van der Waals surface area (Å²) in [5.74, 6) is -1.05. The van der Waals surface area contributed by atoms with E-state index in [2.05, 4.69) is 9.88 Å². The fourth-order valence-corrected chi connectivity index (χ4v) is 4.15. The number of amides is 2.